The van der Waals surface area contributed by atoms with Gasteiger partial charge in [0.05, 0.1) is 4.47 Å². The van der Waals surface area contributed by atoms with Crippen molar-refractivity contribution in [3.63, 3.8) is 0 Å². The van der Waals surface area contributed by atoms with Gasteiger partial charge in [-0.1, -0.05) is 76.5 Å². The van der Waals surface area contributed by atoms with Crippen LogP contribution in [-0.4, -0.2) is 15.7 Å². The normalized spacial score (nSPS) is 10.9. The summed E-state index contributed by atoms with van der Waals surface area (Å²) in [6.45, 7) is 2.28. The summed E-state index contributed by atoms with van der Waals surface area (Å²) in [5.41, 5.74) is 0. The van der Waals surface area contributed by atoms with Gasteiger partial charge in [-0.25, -0.2) is 9.97 Å². The van der Waals surface area contributed by atoms with Gasteiger partial charge in [-0.05, 0) is 22.4 Å². The van der Waals surface area contributed by atoms with Gasteiger partial charge in [0.2, 0.25) is 0 Å². The van der Waals surface area contributed by atoms with Crippen LogP contribution in [0.2, 0.25) is 0 Å². The minimum absolute atomic E-state index is 0.893. The summed E-state index contributed by atoms with van der Waals surface area (Å²) in [4.78, 5) is 8.53. The molecule has 0 saturated heterocycles. The minimum atomic E-state index is 0.893. The third-order valence-electron chi connectivity index (χ3n) is 3.33. The highest BCUT2D eigenvalue weighted by Gasteiger charge is 1.97. The molecule has 0 amide bonds. The van der Waals surface area contributed by atoms with Crippen molar-refractivity contribution in [3.05, 3.63) is 16.9 Å². The lowest BCUT2D eigenvalue weighted by molar-refractivity contribution is 0.563. The number of hydrogen-bond donors (Lipinski definition) is 0. The monoisotopic (exact) mass is 358 g/mol. The molecule has 0 radical (unpaired) electrons. The summed E-state index contributed by atoms with van der Waals surface area (Å²) in [6.07, 6.45) is 17.5. The molecule has 0 fully saturated rings. The third kappa shape index (κ3) is 9.76. The second-order valence-electron chi connectivity index (χ2n) is 5.21. The van der Waals surface area contributed by atoms with Crippen molar-refractivity contribution in [1.29, 1.82) is 0 Å². The number of rotatable bonds is 12. The minimum Gasteiger partial charge on any atom is -0.230 e. The van der Waals surface area contributed by atoms with Crippen molar-refractivity contribution in [2.45, 2.75) is 76.3 Å². The molecule has 0 unspecified atom stereocenters. The standard InChI is InChI=1S/C16H27BrN2S/c1-2-3-4-5-6-7-8-9-10-11-12-20-16-18-13-15(17)14-19-16/h13-14H,2-12H2,1H3. The Labute approximate surface area is 136 Å². The molecule has 0 atom stereocenters. The molecule has 0 spiro atoms. The fourth-order valence-electron chi connectivity index (χ4n) is 2.13. The average Bonchev–Trinajstić information content (AvgIpc) is 2.47. The molecule has 1 aromatic heterocycles. The third-order valence-corrected chi connectivity index (χ3v) is 4.70. The molecular weight excluding hydrogens is 332 g/mol. The summed E-state index contributed by atoms with van der Waals surface area (Å²) >= 11 is 5.11. The summed E-state index contributed by atoms with van der Waals surface area (Å²) in [6, 6.07) is 0. The lowest BCUT2D eigenvalue weighted by Gasteiger charge is -2.02. The van der Waals surface area contributed by atoms with Gasteiger partial charge in [0, 0.05) is 18.1 Å². The molecule has 0 aromatic carbocycles. The van der Waals surface area contributed by atoms with Gasteiger partial charge in [-0.2, -0.15) is 0 Å². The summed E-state index contributed by atoms with van der Waals surface area (Å²) in [7, 11) is 0. The van der Waals surface area contributed by atoms with Gasteiger partial charge in [0.1, 0.15) is 0 Å². The van der Waals surface area contributed by atoms with Gasteiger partial charge in [-0.3, -0.25) is 0 Å². The van der Waals surface area contributed by atoms with E-state index in [0.29, 0.717) is 0 Å². The quantitative estimate of drug-likeness (QED) is 0.250. The SMILES string of the molecule is CCCCCCCCCCCCSc1ncc(Br)cn1. The molecule has 0 aliphatic carbocycles. The fraction of sp³-hybridized carbons (Fsp3) is 0.750. The predicted octanol–water partition coefficient (Wildman–Crippen LogP) is 6.25. The van der Waals surface area contributed by atoms with Crippen molar-refractivity contribution in [3.8, 4) is 0 Å². The Kier molecular flexibility index (Phi) is 11.3. The first kappa shape index (κ1) is 18.0. The average molecular weight is 359 g/mol. The molecule has 2 nitrogen and oxygen atoms in total. The first-order valence-electron chi connectivity index (χ1n) is 7.93. The maximum Gasteiger partial charge on any atom is 0.187 e. The van der Waals surface area contributed by atoms with E-state index in [1.807, 2.05) is 12.4 Å². The number of thioether (sulfide) groups is 1. The van der Waals surface area contributed by atoms with Crippen LogP contribution in [0.15, 0.2) is 22.0 Å². The van der Waals surface area contributed by atoms with Crippen LogP contribution in [0.5, 0.6) is 0 Å². The Bertz CT molecular complexity index is 330. The molecule has 0 aliphatic heterocycles. The molecule has 1 aromatic rings. The second-order valence-corrected chi connectivity index (χ2v) is 7.19. The highest BCUT2D eigenvalue weighted by Crippen LogP contribution is 2.17. The Hall–Kier alpha value is -0.0900. The van der Waals surface area contributed by atoms with Crippen molar-refractivity contribution >= 4 is 27.7 Å². The zero-order valence-electron chi connectivity index (χ0n) is 12.6. The Morgan fingerprint density at radius 2 is 1.35 bits per heavy atom. The van der Waals surface area contributed by atoms with Crippen molar-refractivity contribution in [2.24, 2.45) is 0 Å². The highest BCUT2D eigenvalue weighted by molar-refractivity contribution is 9.10. The maximum atomic E-state index is 4.27. The van der Waals surface area contributed by atoms with Crippen LogP contribution in [0.1, 0.15) is 71.1 Å². The molecule has 0 N–H and O–H groups in total. The van der Waals surface area contributed by atoms with E-state index in [-0.39, 0.29) is 0 Å². The summed E-state index contributed by atoms with van der Waals surface area (Å²) < 4.78 is 0.945. The molecule has 0 bridgehead atoms. The van der Waals surface area contributed by atoms with E-state index in [0.717, 1.165) is 15.4 Å². The Balaban J connectivity index is 1.84. The Morgan fingerprint density at radius 1 is 0.850 bits per heavy atom. The van der Waals surface area contributed by atoms with Crippen LogP contribution in [0.3, 0.4) is 0 Å². The first-order chi connectivity index (χ1) is 9.83. The molecule has 1 heterocycles. The van der Waals surface area contributed by atoms with E-state index in [1.54, 1.807) is 11.8 Å². The van der Waals surface area contributed by atoms with E-state index >= 15 is 0 Å². The zero-order valence-corrected chi connectivity index (χ0v) is 15.0. The lowest BCUT2D eigenvalue weighted by Crippen LogP contribution is -1.88. The summed E-state index contributed by atoms with van der Waals surface area (Å²) in [5, 5.41) is 0.893. The van der Waals surface area contributed by atoms with Crippen LogP contribution in [0, 0.1) is 0 Å². The number of hydrogen-bond acceptors (Lipinski definition) is 3. The Morgan fingerprint density at radius 3 is 1.90 bits per heavy atom. The number of aromatic nitrogens is 2. The molecule has 114 valence electrons. The molecule has 20 heavy (non-hydrogen) atoms. The van der Waals surface area contributed by atoms with E-state index in [1.165, 1.54) is 64.2 Å². The lowest BCUT2D eigenvalue weighted by atomic mass is 10.1. The number of unbranched alkanes of at least 4 members (excludes halogenated alkanes) is 9. The number of halogens is 1. The smallest absolute Gasteiger partial charge is 0.187 e. The fourth-order valence-corrected chi connectivity index (χ4v) is 3.12. The van der Waals surface area contributed by atoms with E-state index in [2.05, 4.69) is 32.8 Å². The van der Waals surface area contributed by atoms with E-state index in [9.17, 15) is 0 Å². The van der Waals surface area contributed by atoms with Gasteiger partial charge in [0.25, 0.3) is 0 Å². The highest BCUT2D eigenvalue weighted by atomic mass is 79.9. The molecule has 0 aliphatic rings. The molecule has 0 saturated carbocycles. The van der Waals surface area contributed by atoms with Crippen LogP contribution in [0.4, 0.5) is 0 Å². The first-order valence-corrected chi connectivity index (χ1v) is 9.71. The van der Waals surface area contributed by atoms with Crippen LogP contribution in [0.25, 0.3) is 0 Å². The van der Waals surface area contributed by atoms with Crippen LogP contribution < -0.4 is 0 Å². The second kappa shape index (κ2) is 12.6. The van der Waals surface area contributed by atoms with Gasteiger partial charge < -0.3 is 0 Å². The van der Waals surface area contributed by atoms with E-state index < -0.39 is 0 Å². The largest absolute Gasteiger partial charge is 0.230 e. The zero-order chi connectivity index (χ0) is 14.5. The summed E-state index contributed by atoms with van der Waals surface area (Å²) in [5.74, 6) is 1.14. The van der Waals surface area contributed by atoms with Crippen LogP contribution in [-0.2, 0) is 0 Å². The van der Waals surface area contributed by atoms with Gasteiger partial charge in [0.15, 0.2) is 5.16 Å². The van der Waals surface area contributed by atoms with Gasteiger partial charge >= 0.3 is 0 Å². The molecule has 4 heteroatoms. The van der Waals surface area contributed by atoms with E-state index in [4.69, 9.17) is 0 Å². The molecular formula is C16H27BrN2S. The van der Waals surface area contributed by atoms with Crippen molar-refractivity contribution in [1.82, 2.24) is 9.97 Å². The number of nitrogens with zero attached hydrogens (tertiary/aromatic N) is 2. The molecule has 1 rings (SSSR count). The predicted molar refractivity (Wildman–Crippen MR) is 92.3 cm³/mol. The van der Waals surface area contributed by atoms with Crippen LogP contribution >= 0.6 is 27.7 Å². The van der Waals surface area contributed by atoms with Crippen molar-refractivity contribution in [2.75, 3.05) is 5.75 Å². The van der Waals surface area contributed by atoms with Gasteiger partial charge in [-0.15, -0.1) is 0 Å². The maximum absolute atomic E-state index is 4.27. The topological polar surface area (TPSA) is 25.8 Å². The van der Waals surface area contributed by atoms with Crippen molar-refractivity contribution < 1.29 is 0 Å².